The number of aliphatic hydroxyl groups excluding tert-OH is 1. The van der Waals surface area contributed by atoms with Crippen LogP contribution < -0.4 is 5.32 Å². The van der Waals surface area contributed by atoms with Crippen molar-refractivity contribution in [3.05, 3.63) is 46.8 Å². The number of carbonyl (C=O) groups is 1. The van der Waals surface area contributed by atoms with Gasteiger partial charge in [0.25, 0.3) is 5.91 Å². The van der Waals surface area contributed by atoms with Gasteiger partial charge in [0.2, 0.25) is 0 Å². The average molecular weight is 283 g/mol. The van der Waals surface area contributed by atoms with Crippen molar-refractivity contribution in [2.45, 2.75) is 13.8 Å². The highest BCUT2D eigenvalue weighted by molar-refractivity contribution is 6.05. The predicted octanol–water partition coefficient (Wildman–Crippen LogP) is 1.63. The normalized spacial score (nSPS) is 9.90. The Kier molecular flexibility index (Phi) is 4.41. The number of benzene rings is 1. The van der Waals surface area contributed by atoms with E-state index in [9.17, 15) is 4.79 Å². The fourth-order valence-electron chi connectivity index (χ4n) is 2.02. The maximum atomic E-state index is 12.3. The van der Waals surface area contributed by atoms with Crippen molar-refractivity contribution >= 4 is 11.6 Å². The number of anilines is 1. The smallest absolute Gasteiger partial charge is 0.259 e. The molecule has 0 saturated heterocycles. The number of nitrogens with zero attached hydrogens (tertiary/aromatic N) is 2. The highest BCUT2D eigenvalue weighted by atomic mass is 16.2. The predicted molar refractivity (Wildman–Crippen MR) is 81.0 cm³/mol. The molecule has 2 N–H and O–H groups in total. The first-order valence-electron chi connectivity index (χ1n) is 6.53. The van der Waals surface area contributed by atoms with Gasteiger partial charge in [0, 0.05) is 18.8 Å². The minimum Gasteiger partial charge on any atom is -0.384 e. The standard InChI is InChI=1S/C16H17N3O2/c1-11-6-7-13(5-4-8-20)15(9-11)17-16(21)14-10-19(3)18-12(14)2/h6-7,9-10,20H,8H2,1-3H3,(H,17,21). The van der Waals surface area contributed by atoms with Gasteiger partial charge in [-0.3, -0.25) is 9.48 Å². The largest absolute Gasteiger partial charge is 0.384 e. The molecule has 0 spiro atoms. The first kappa shape index (κ1) is 14.8. The van der Waals surface area contributed by atoms with Gasteiger partial charge in [-0.25, -0.2) is 0 Å². The number of hydrogen-bond donors (Lipinski definition) is 2. The molecule has 1 aromatic carbocycles. The lowest BCUT2D eigenvalue weighted by Gasteiger charge is -2.08. The third-order valence-electron chi connectivity index (χ3n) is 2.98. The Morgan fingerprint density at radius 1 is 1.43 bits per heavy atom. The molecule has 0 fully saturated rings. The topological polar surface area (TPSA) is 67.2 Å². The molecule has 21 heavy (non-hydrogen) atoms. The fraction of sp³-hybridized carbons (Fsp3) is 0.250. The van der Waals surface area contributed by atoms with Crippen LogP contribution in [0.2, 0.25) is 0 Å². The highest BCUT2D eigenvalue weighted by Gasteiger charge is 2.14. The van der Waals surface area contributed by atoms with Crippen LogP contribution in [0.15, 0.2) is 24.4 Å². The quantitative estimate of drug-likeness (QED) is 0.823. The van der Waals surface area contributed by atoms with Gasteiger partial charge in [0.05, 0.1) is 16.9 Å². The number of aliphatic hydroxyl groups is 1. The molecule has 108 valence electrons. The van der Waals surface area contributed by atoms with Crippen LogP contribution in [0.5, 0.6) is 0 Å². The van der Waals surface area contributed by atoms with Gasteiger partial charge >= 0.3 is 0 Å². The zero-order chi connectivity index (χ0) is 15.4. The van der Waals surface area contributed by atoms with E-state index in [1.165, 1.54) is 0 Å². The van der Waals surface area contributed by atoms with E-state index in [4.69, 9.17) is 5.11 Å². The Labute approximate surface area is 123 Å². The number of rotatable bonds is 2. The third kappa shape index (κ3) is 3.50. The maximum absolute atomic E-state index is 12.3. The van der Waals surface area contributed by atoms with E-state index < -0.39 is 0 Å². The summed E-state index contributed by atoms with van der Waals surface area (Å²) in [4.78, 5) is 12.3. The molecule has 0 aliphatic heterocycles. The summed E-state index contributed by atoms with van der Waals surface area (Å²) in [5, 5.41) is 15.8. The van der Waals surface area contributed by atoms with Crippen LogP contribution in [0.4, 0.5) is 5.69 Å². The third-order valence-corrected chi connectivity index (χ3v) is 2.98. The lowest BCUT2D eigenvalue weighted by molar-refractivity contribution is 0.102. The first-order valence-corrected chi connectivity index (χ1v) is 6.53. The average Bonchev–Trinajstić information content (AvgIpc) is 2.77. The van der Waals surface area contributed by atoms with E-state index in [0.29, 0.717) is 22.5 Å². The van der Waals surface area contributed by atoms with E-state index in [1.54, 1.807) is 24.9 Å². The Bertz CT molecular complexity index is 736. The van der Waals surface area contributed by atoms with Crippen molar-refractivity contribution in [2.24, 2.45) is 7.05 Å². The number of nitrogens with one attached hydrogen (secondary N) is 1. The molecular weight excluding hydrogens is 266 g/mol. The van der Waals surface area contributed by atoms with Crippen molar-refractivity contribution in [2.75, 3.05) is 11.9 Å². The Morgan fingerprint density at radius 2 is 2.19 bits per heavy atom. The van der Waals surface area contributed by atoms with E-state index >= 15 is 0 Å². The summed E-state index contributed by atoms with van der Waals surface area (Å²) in [6.07, 6.45) is 1.68. The minimum absolute atomic E-state index is 0.219. The zero-order valence-corrected chi connectivity index (χ0v) is 12.3. The summed E-state index contributed by atoms with van der Waals surface area (Å²) in [5.74, 6) is 5.20. The molecule has 0 atom stereocenters. The number of carbonyl (C=O) groups excluding carboxylic acids is 1. The summed E-state index contributed by atoms with van der Waals surface area (Å²) in [7, 11) is 1.77. The van der Waals surface area contributed by atoms with Gasteiger partial charge in [-0.05, 0) is 31.5 Å². The maximum Gasteiger partial charge on any atom is 0.259 e. The zero-order valence-electron chi connectivity index (χ0n) is 12.3. The second kappa shape index (κ2) is 6.25. The van der Waals surface area contributed by atoms with Gasteiger partial charge in [-0.15, -0.1) is 0 Å². The number of aryl methyl sites for hydroxylation is 3. The minimum atomic E-state index is -0.224. The van der Waals surface area contributed by atoms with E-state index in [0.717, 1.165) is 5.56 Å². The molecule has 2 rings (SSSR count). The van der Waals surface area contributed by atoms with Crippen LogP contribution in [0.1, 0.15) is 27.2 Å². The van der Waals surface area contributed by atoms with Crippen molar-refractivity contribution in [3.8, 4) is 11.8 Å². The van der Waals surface area contributed by atoms with Crippen molar-refractivity contribution in [3.63, 3.8) is 0 Å². The monoisotopic (exact) mass is 283 g/mol. The summed E-state index contributed by atoms with van der Waals surface area (Å²) >= 11 is 0. The van der Waals surface area contributed by atoms with Crippen LogP contribution in [0.25, 0.3) is 0 Å². The fourth-order valence-corrected chi connectivity index (χ4v) is 2.02. The van der Waals surface area contributed by atoms with Crippen molar-refractivity contribution in [1.82, 2.24) is 9.78 Å². The van der Waals surface area contributed by atoms with Crippen molar-refractivity contribution < 1.29 is 9.90 Å². The Morgan fingerprint density at radius 3 is 2.81 bits per heavy atom. The number of aromatic nitrogens is 2. The molecule has 5 heteroatoms. The first-order chi connectivity index (χ1) is 10.0. The molecule has 0 saturated carbocycles. The molecule has 5 nitrogen and oxygen atoms in total. The molecule has 0 aliphatic carbocycles. The molecule has 0 aliphatic rings. The summed E-state index contributed by atoms with van der Waals surface area (Å²) in [5.41, 5.74) is 3.52. The molecule has 2 aromatic rings. The molecular formula is C16H17N3O2. The van der Waals surface area contributed by atoms with Gasteiger partial charge in [-0.1, -0.05) is 17.9 Å². The van der Waals surface area contributed by atoms with E-state index in [-0.39, 0.29) is 12.5 Å². The van der Waals surface area contributed by atoms with Gasteiger partial charge in [-0.2, -0.15) is 5.10 Å². The number of hydrogen-bond acceptors (Lipinski definition) is 3. The van der Waals surface area contributed by atoms with Crippen LogP contribution in [0, 0.1) is 25.7 Å². The second-order valence-electron chi connectivity index (χ2n) is 4.76. The second-order valence-corrected chi connectivity index (χ2v) is 4.76. The van der Waals surface area contributed by atoms with Gasteiger partial charge in [0.15, 0.2) is 0 Å². The van der Waals surface area contributed by atoms with Crippen molar-refractivity contribution in [1.29, 1.82) is 0 Å². The SMILES string of the molecule is Cc1ccc(C#CCO)c(NC(=O)c2cn(C)nc2C)c1. The summed E-state index contributed by atoms with van der Waals surface area (Å²) in [6, 6.07) is 5.58. The molecule has 1 aromatic heterocycles. The van der Waals surface area contributed by atoms with Crippen LogP contribution in [-0.4, -0.2) is 27.4 Å². The van der Waals surface area contributed by atoms with Crippen LogP contribution >= 0.6 is 0 Å². The lowest BCUT2D eigenvalue weighted by atomic mass is 10.1. The number of amides is 1. The molecule has 1 amide bonds. The van der Waals surface area contributed by atoms with Crippen LogP contribution in [-0.2, 0) is 7.05 Å². The molecule has 0 unspecified atom stereocenters. The van der Waals surface area contributed by atoms with Gasteiger partial charge in [0.1, 0.15) is 6.61 Å². The van der Waals surface area contributed by atoms with Gasteiger partial charge < -0.3 is 10.4 Å². The van der Waals surface area contributed by atoms with E-state index in [1.807, 2.05) is 25.1 Å². The lowest BCUT2D eigenvalue weighted by Crippen LogP contribution is -2.13. The van der Waals surface area contributed by atoms with E-state index in [2.05, 4.69) is 22.3 Å². The summed E-state index contributed by atoms with van der Waals surface area (Å²) < 4.78 is 1.60. The van der Waals surface area contributed by atoms with Crippen LogP contribution in [0.3, 0.4) is 0 Å². The highest BCUT2D eigenvalue weighted by Crippen LogP contribution is 2.18. The molecule has 1 heterocycles. The Hall–Kier alpha value is -2.58. The Balaban J connectivity index is 2.32. The summed E-state index contributed by atoms with van der Waals surface area (Å²) in [6.45, 7) is 3.51. The molecule has 0 bridgehead atoms. The molecule has 0 radical (unpaired) electrons.